The number of amides is 1. The van der Waals surface area contributed by atoms with Crippen LogP contribution in [0.5, 0.6) is 5.75 Å². The maximum atomic E-state index is 12.2. The van der Waals surface area contributed by atoms with E-state index < -0.39 is 28.8 Å². The van der Waals surface area contributed by atoms with E-state index in [4.69, 9.17) is 9.47 Å². The Bertz CT molecular complexity index is 733. The second-order valence-electron chi connectivity index (χ2n) is 6.82. The summed E-state index contributed by atoms with van der Waals surface area (Å²) >= 11 is 0. The van der Waals surface area contributed by atoms with Crippen LogP contribution >= 0.6 is 0 Å². The number of esters is 1. The summed E-state index contributed by atoms with van der Waals surface area (Å²) in [6.45, 7) is 11.7. The number of nitrogens with zero attached hydrogens (tertiary/aromatic N) is 1. The average Bonchev–Trinajstić information content (AvgIpc) is 2.78. The van der Waals surface area contributed by atoms with Crippen LogP contribution in [0.3, 0.4) is 0 Å². The highest BCUT2D eigenvalue weighted by Gasteiger charge is 2.28. The van der Waals surface area contributed by atoms with Gasteiger partial charge in [-0.1, -0.05) is 13.8 Å². The third-order valence-electron chi connectivity index (χ3n) is 3.77. The molecule has 2 heterocycles. The normalized spacial score (nSPS) is 13.6. The van der Waals surface area contributed by atoms with Crippen molar-refractivity contribution in [2.45, 2.75) is 60.0 Å². The van der Waals surface area contributed by atoms with Crippen molar-refractivity contribution in [1.29, 1.82) is 0 Å². The van der Waals surface area contributed by atoms with Crippen LogP contribution in [0, 0.1) is 0 Å². The van der Waals surface area contributed by atoms with E-state index in [0.717, 1.165) is 0 Å². The van der Waals surface area contributed by atoms with Crippen LogP contribution in [0.2, 0.25) is 0 Å². The Labute approximate surface area is 159 Å². The maximum Gasteiger partial charge on any atom is 0.410 e. The molecule has 1 aromatic rings. The zero-order valence-corrected chi connectivity index (χ0v) is 17.0. The fourth-order valence-corrected chi connectivity index (χ4v) is 2.67. The summed E-state index contributed by atoms with van der Waals surface area (Å²) in [4.78, 5) is 40.4. The van der Waals surface area contributed by atoms with Crippen molar-refractivity contribution in [2.24, 2.45) is 0 Å². The van der Waals surface area contributed by atoms with Crippen molar-refractivity contribution in [3.05, 3.63) is 27.2 Å². The number of hydrogen-bond acceptors (Lipinski definition) is 6. The standard InChI is InChI=1S/C17H24N2O6.C2H6/c1-5-24-15(22)12-13(20)10-6-8-19(16(23)25-17(2,3)4)9-7-11(10)18-14(12)21;1-2/h5-9H2,1-4H3,(H2,18,20,21);1-2H3. The smallest absolute Gasteiger partial charge is 0.410 e. The molecule has 8 heteroatoms. The quantitative estimate of drug-likeness (QED) is 0.761. The number of fused-ring (bicyclic) bond motifs is 1. The van der Waals surface area contributed by atoms with Gasteiger partial charge in [0.2, 0.25) is 0 Å². The number of H-pyrrole nitrogens is 1. The predicted octanol–water partition coefficient (Wildman–Crippen LogP) is 2.62. The zero-order chi connectivity index (χ0) is 20.8. The molecule has 152 valence electrons. The van der Waals surface area contributed by atoms with E-state index in [1.54, 1.807) is 27.7 Å². The largest absolute Gasteiger partial charge is 0.506 e. The highest BCUT2D eigenvalue weighted by Crippen LogP contribution is 2.26. The fourth-order valence-electron chi connectivity index (χ4n) is 2.67. The number of ether oxygens (including phenoxy) is 2. The first-order valence-corrected chi connectivity index (χ1v) is 9.26. The lowest BCUT2D eigenvalue weighted by molar-refractivity contribution is 0.0257. The summed E-state index contributed by atoms with van der Waals surface area (Å²) in [5, 5.41) is 10.4. The van der Waals surface area contributed by atoms with Gasteiger partial charge in [-0.25, -0.2) is 9.59 Å². The molecular weight excluding hydrogens is 352 g/mol. The molecule has 2 N–H and O–H groups in total. The molecule has 1 aliphatic rings. The van der Waals surface area contributed by atoms with Gasteiger partial charge in [0.15, 0.2) is 5.56 Å². The molecule has 1 amide bonds. The van der Waals surface area contributed by atoms with E-state index in [1.165, 1.54) is 4.90 Å². The number of aromatic hydroxyl groups is 1. The minimum absolute atomic E-state index is 0.0984. The average molecular weight is 382 g/mol. The van der Waals surface area contributed by atoms with Gasteiger partial charge in [-0.2, -0.15) is 0 Å². The number of carbonyl (C=O) groups excluding carboxylic acids is 2. The lowest BCUT2D eigenvalue weighted by Gasteiger charge is -2.26. The molecule has 0 fully saturated rings. The van der Waals surface area contributed by atoms with Gasteiger partial charge in [0, 0.05) is 30.8 Å². The van der Waals surface area contributed by atoms with Gasteiger partial charge in [0.1, 0.15) is 11.4 Å². The van der Waals surface area contributed by atoms with E-state index in [1.807, 2.05) is 13.8 Å². The van der Waals surface area contributed by atoms with Gasteiger partial charge in [0.25, 0.3) is 5.56 Å². The van der Waals surface area contributed by atoms with Gasteiger partial charge in [0.05, 0.1) is 6.61 Å². The first kappa shape index (κ1) is 22.5. The molecule has 0 aromatic carbocycles. The SMILES string of the molecule is CC.CCOC(=O)c1c(O)c2c([nH]c1=O)CCN(C(=O)OC(C)(C)C)CC2. The summed E-state index contributed by atoms with van der Waals surface area (Å²) in [7, 11) is 0. The number of pyridine rings is 1. The van der Waals surface area contributed by atoms with Gasteiger partial charge in [-0.15, -0.1) is 0 Å². The second-order valence-corrected chi connectivity index (χ2v) is 6.82. The minimum atomic E-state index is -0.864. The molecule has 8 nitrogen and oxygen atoms in total. The van der Waals surface area contributed by atoms with E-state index >= 15 is 0 Å². The summed E-state index contributed by atoms with van der Waals surface area (Å²) in [5.41, 5.74) is -0.730. The van der Waals surface area contributed by atoms with Crippen molar-refractivity contribution in [3.8, 4) is 5.75 Å². The summed E-state index contributed by atoms with van der Waals surface area (Å²) in [6.07, 6.45) is 0.192. The van der Waals surface area contributed by atoms with Crippen LogP contribution in [-0.4, -0.2) is 52.4 Å². The number of aromatic nitrogens is 1. The molecule has 2 rings (SSSR count). The van der Waals surface area contributed by atoms with Gasteiger partial charge in [-0.3, -0.25) is 4.79 Å². The molecule has 0 radical (unpaired) electrons. The molecule has 0 spiro atoms. The van der Waals surface area contributed by atoms with Crippen molar-refractivity contribution < 1.29 is 24.2 Å². The number of nitrogens with one attached hydrogen (secondary N) is 1. The first-order valence-electron chi connectivity index (χ1n) is 9.26. The van der Waals surface area contributed by atoms with Crippen LogP contribution in [0.4, 0.5) is 4.79 Å². The highest BCUT2D eigenvalue weighted by atomic mass is 16.6. The number of hydrogen-bond donors (Lipinski definition) is 2. The molecule has 0 saturated carbocycles. The van der Waals surface area contributed by atoms with Crippen LogP contribution in [0.25, 0.3) is 0 Å². The number of aromatic amines is 1. The summed E-state index contributed by atoms with van der Waals surface area (Å²) in [6, 6.07) is 0. The Morgan fingerprint density at radius 2 is 1.78 bits per heavy atom. The monoisotopic (exact) mass is 382 g/mol. The minimum Gasteiger partial charge on any atom is -0.506 e. The van der Waals surface area contributed by atoms with Crippen LogP contribution < -0.4 is 5.56 Å². The molecular formula is C19H30N2O6. The number of carbonyl (C=O) groups is 2. The number of rotatable bonds is 2. The lowest BCUT2D eigenvalue weighted by Crippen LogP contribution is -2.38. The third kappa shape index (κ3) is 5.74. The van der Waals surface area contributed by atoms with Crippen molar-refractivity contribution in [1.82, 2.24) is 9.88 Å². The Balaban J connectivity index is 0.00000176. The Morgan fingerprint density at radius 3 is 2.33 bits per heavy atom. The summed E-state index contributed by atoms with van der Waals surface area (Å²) in [5.74, 6) is -1.24. The van der Waals surface area contributed by atoms with Crippen LogP contribution in [0.15, 0.2) is 4.79 Å². The van der Waals surface area contributed by atoms with E-state index in [2.05, 4.69) is 4.98 Å². The lowest BCUT2D eigenvalue weighted by atomic mass is 10.0. The molecule has 1 aromatic heterocycles. The van der Waals surface area contributed by atoms with Crippen molar-refractivity contribution >= 4 is 12.1 Å². The van der Waals surface area contributed by atoms with Crippen molar-refractivity contribution in [3.63, 3.8) is 0 Å². The van der Waals surface area contributed by atoms with Crippen molar-refractivity contribution in [2.75, 3.05) is 19.7 Å². The van der Waals surface area contributed by atoms with Gasteiger partial charge >= 0.3 is 12.1 Å². The molecule has 1 aliphatic heterocycles. The highest BCUT2D eigenvalue weighted by molar-refractivity contribution is 5.92. The third-order valence-corrected chi connectivity index (χ3v) is 3.77. The molecule has 0 atom stereocenters. The molecule has 0 bridgehead atoms. The molecule has 0 unspecified atom stereocenters. The Hall–Kier alpha value is -2.51. The first-order chi connectivity index (χ1) is 12.6. The van der Waals surface area contributed by atoms with E-state index in [9.17, 15) is 19.5 Å². The van der Waals surface area contributed by atoms with E-state index in [0.29, 0.717) is 37.2 Å². The van der Waals surface area contributed by atoms with Crippen LogP contribution in [0.1, 0.15) is 63.2 Å². The Kier molecular flexibility index (Phi) is 7.87. The molecule has 0 saturated heterocycles. The van der Waals surface area contributed by atoms with Gasteiger partial charge < -0.3 is 24.5 Å². The maximum absolute atomic E-state index is 12.2. The molecule has 27 heavy (non-hydrogen) atoms. The predicted molar refractivity (Wildman–Crippen MR) is 101 cm³/mol. The molecule has 0 aliphatic carbocycles. The zero-order valence-electron chi connectivity index (χ0n) is 17.0. The van der Waals surface area contributed by atoms with Gasteiger partial charge in [-0.05, 0) is 34.1 Å². The summed E-state index contributed by atoms with van der Waals surface area (Å²) < 4.78 is 10.2. The second kappa shape index (κ2) is 9.43. The van der Waals surface area contributed by atoms with E-state index in [-0.39, 0.29) is 12.4 Å². The van der Waals surface area contributed by atoms with Crippen LogP contribution in [-0.2, 0) is 22.3 Å². The Morgan fingerprint density at radius 1 is 1.19 bits per heavy atom. The topological polar surface area (TPSA) is 109 Å². The fraction of sp³-hybridized carbons (Fsp3) is 0.632.